The summed E-state index contributed by atoms with van der Waals surface area (Å²) in [6.45, 7) is 6.75. The Labute approximate surface area is 136 Å². The highest BCUT2D eigenvalue weighted by molar-refractivity contribution is 5.91. The molecule has 2 amide bonds. The number of aromatic nitrogens is 3. The molecule has 23 heavy (non-hydrogen) atoms. The highest BCUT2D eigenvalue weighted by Crippen LogP contribution is 2.22. The van der Waals surface area contributed by atoms with Gasteiger partial charge in [0.15, 0.2) is 5.69 Å². The number of amides is 2. The first kappa shape index (κ1) is 17.2. The smallest absolute Gasteiger partial charge is 0.410 e. The summed E-state index contributed by atoms with van der Waals surface area (Å²) in [5.41, 5.74) is -0.209. The minimum Gasteiger partial charge on any atom is -0.444 e. The molecule has 0 spiro atoms. The molecule has 1 saturated heterocycles. The lowest BCUT2D eigenvalue weighted by molar-refractivity contribution is 0.0211. The predicted molar refractivity (Wildman–Crippen MR) is 84.0 cm³/mol. The van der Waals surface area contributed by atoms with Gasteiger partial charge in [-0.25, -0.2) is 9.48 Å². The third kappa shape index (κ3) is 4.43. The van der Waals surface area contributed by atoms with E-state index >= 15 is 0 Å². The maximum Gasteiger partial charge on any atom is 0.410 e. The monoisotopic (exact) mass is 323 g/mol. The van der Waals surface area contributed by atoms with Gasteiger partial charge in [-0.15, -0.1) is 5.10 Å². The van der Waals surface area contributed by atoms with Crippen LogP contribution in [0.15, 0.2) is 6.20 Å². The molecule has 0 aliphatic carbocycles. The number of carbonyl (C=O) groups is 2. The van der Waals surface area contributed by atoms with E-state index in [1.54, 1.807) is 29.9 Å². The number of hydrogen-bond donors (Lipinski definition) is 0. The standard InChI is InChI=1S/C15H25N5O3/c1-15(2,3)23-14(22)20-8-6-7-11(20)9-19-10-12(16-17-19)13(21)18(4)5/h10-11H,6-9H2,1-5H3/t11-/m1/s1. The molecule has 0 radical (unpaired) electrons. The van der Waals surface area contributed by atoms with Gasteiger partial charge in [-0.2, -0.15) is 0 Å². The molecule has 8 heteroatoms. The first-order chi connectivity index (χ1) is 10.7. The van der Waals surface area contributed by atoms with Gasteiger partial charge >= 0.3 is 6.09 Å². The molecule has 2 heterocycles. The number of rotatable bonds is 3. The molecule has 1 aliphatic heterocycles. The van der Waals surface area contributed by atoms with Crippen molar-refractivity contribution in [3.05, 3.63) is 11.9 Å². The van der Waals surface area contributed by atoms with E-state index in [1.807, 2.05) is 20.8 Å². The summed E-state index contributed by atoms with van der Waals surface area (Å²) in [7, 11) is 3.34. The average molecular weight is 323 g/mol. The van der Waals surface area contributed by atoms with E-state index in [4.69, 9.17) is 4.74 Å². The lowest BCUT2D eigenvalue weighted by atomic mass is 10.2. The molecule has 2 rings (SSSR count). The Bertz CT molecular complexity index is 576. The zero-order chi connectivity index (χ0) is 17.2. The zero-order valence-electron chi connectivity index (χ0n) is 14.4. The highest BCUT2D eigenvalue weighted by atomic mass is 16.6. The molecule has 0 aromatic carbocycles. The van der Waals surface area contributed by atoms with Gasteiger partial charge in [-0.05, 0) is 33.6 Å². The van der Waals surface area contributed by atoms with Crippen LogP contribution in [0.3, 0.4) is 0 Å². The van der Waals surface area contributed by atoms with E-state index in [0.29, 0.717) is 18.8 Å². The molecule has 1 aromatic heterocycles. The van der Waals surface area contributed by atoms with Crippen molar-refractivity contribution in [2.45, 2.75) is 51.8 Å². The number of hydrogen-bond acceptors (Lipinski definition) is 5. The topological polar surface area (TPSA) is 80.6 Å². The van der Waals surface area contributed by atoms with Crippen LogP contribution in [-0.4, -0.2) is 69.1 Å². The summed E-state index contributed by atoms with van der Waals surface area (Å²) in [4.78, 5) is 27.3. The molecule has 0 saturated carbocycles. The molecule has 1 fully saturated rings. The minimum absolute atomic E-state index is 0.00820. The van der Waals surface area contributed by atoms with Crippen LogP contribution in [0.25, 0.3) is 0 Å². The van der Waals surface area contributed by atoms with Crippen LogP contribution in [0.4, 0.5) is 4.79 Å². The summed E-state index contributed by atoms with van der Waals surface area (Å²) in [5, 5.41) is 7.89. The maximum atomic E-state index is 12.3. The first-order valence-corrected chi connectivity index (χ1v) is 7.79. The van der Waals surface area contributed by atoms with Crippen molar-refractivity contribution >= 4 is 12.0 Å². The van der Waals surface area contributed by atoms with Crippen LogP contribution in [-0.2, 0) is 11.3 Å². The minimum atomic E-state index is -0.511. The van der Waals surface area contributed by atoms with Gasteiger partial charge in [0.25, 0.3) is 5.91 Å². The van der Waals surface area contributed by atoms with Gasteiger partial charge in [0.2, 0.25) is 0 Å². The second-order valence-corrected chi connectivity index (χ2v) is 7.00. The van der Waals surface area contributed by atoms with Crippen LogP contribution in [0, 0.1) is 0 Å². The molecule has 0 N–H and O–H groups in total. The third-order valence-electron chi connectivity index (χ3n) is 3.57. The normalized spacial score (nSPS) is 18.1. The van der Waals surface area contributed by atoms with Crippen LogP contribution in [0.2, 0.25) is 0 Å². The van der Waals surface area contributed by atoms with Crippen LogP contribution in [0.5, 0.6) is 0 Å². The Morgan fingerprint density at radius 3 is 2.70 bits per heavy atom. The fourth-order valence-electron chi connectivity index (χ4n) is 2.52. The summed E-state index contributed by atoms with van der Waals surface area (Å²) >= 11 is 0. The van der Waals surface area contributed by atoms with E-state index in [2.05, 4.69) is 10.3 Å². The lowest BCUT2D eigenvalue weighted by Gasteiger charge is -2.28. The Hall–Kier alpha value is -2.12. The molecular formula is C15H25N5O3. The van der Waals surface area contributed by atoms with Crippen molar-refractivity contribution in [3.8, 4) is 0 Å². The van der Waals surface area contributed by atoms with Gasteiger partial charge in [0.1, 0.15) is 5.60 Å². The largest absolute Gasteiger partial charge is 0.444 e. The summed E-state index contributed by atoms with van der Waals surface area (Å²) in [6.07, 6.45) is 3.14. The average Bonchev–Trinajstić information content (AvgIpc) is 3.05. The van der Waals surface area contributed by atoms with Crippen molar-refractivity contribution < 1.29 is 14.3 Å². The number of ether oxygens (including phenoxy) is 1. The van der Waals surface area contributed by atoms with Gasteiger partial charge in [-0.3, -0.25) is 4.79 Å². The van der Waals surface area contributed by atoms with E-state index in [1.165, 1.54) is 4.90 Å². The lowest BCUT2D eigenvalue weighted by Crippen LogP contribution is -2.41. The second-order valence-electron chi connectivity index (χ2n) is 7.00. The van der Waals surface area contributed by atoms with E-state index in [-0.39, 0.29) is 18.0 Å². The van der Waals surface area contributed by atoms with Gasteiger partial charge in [0, 0.05) is 20.6 Å². The fraction of sp³-hybridized carbons (Fsp3) is 0.733. The number of carbonyl (C=O) groups excluding carboxylic acids is 2. The molecule has 128 valence electrons. The summed E-state index contributed by atoms with van der Waals surface area (Å²) in [5.74, 6) is -0.188. The Kier molecular flexibility index (Phi) is 4.91. The zero-order valence-corrected chi connectivity index (χ0v) is 14.4. The molecule has 0 bridgehead atoms. The number of likely N-dealkylation sites (tertiary alicyclic amines) is 1. The van der Waals surface area contributed by atoms with Gasteiger partial charge in [-0.1, -0.05) is 5.21 Å². The van der Waals surface area contributed by atoms with E-state index in [0.717, 1.165) is 12.8 Å². The first-order valence-electron chi connectivity index (χ1n) is 7.79. The van der Waals surface area contributed by atoms with Gasteiger partial charge in [0.05, 0.1) is 18.8 Å². The van der Waals surface area contributed by atoms with Crippen LogP contribution >= 0.6 is 0 Å². The summed E-state index contributed by atoms with van der Waals surface area (Å²) in [6, 6.07) is 0.00820. The van der Waals surface area contributed by atoms with Crippen molar-refractivity contribution in [1.29, 1.82) is 0 Å². The molecule has 1 aliphatic rings. The van der Waals surface area contributed by atoms with E-state index < -0.39 is 5.60 Å². The van der Waals surface area contributed by atoms with Crippen molar-refractivity contribution in [1.82, 2.24) is 24.8 Å². The predicted octanol–water partition coefficient (Wildman–Crippen LogP) is 1.38. The van der Waals surface area contributed by atoms with Gasteiger partial charge < -0.3 is 14.5 Å². The molecule has 1 atom stereocenters. The van der Waals surface area contributed by atoms with Crippen LogP contribution in [0.1, 0.15) is 44.1 Å². The molecule has 8 nitrogen and oxygen atoms in total. The Morgan fingerprint density at radius 1 is 1.39 bits per heavy atom. The fourth-order valence-corrected chi connectivity index (χ4v) is 2.52. The third-order valence-corrected chi connectivity index (χ3v) is 3.57. The van der Waals surface area contributed by atoms with Crippen molar-refractivity contribution in [2.75, 3.05) is 20.6 Å². The summed E-state index contributed by atoms with van der Waals surface area (Å²) < 4.78 is 7.06. The quantitative estimate of drug-likeness (QED) is 0.839. The highest BCUT2D eigenvalue weighted by Gasteiger charge is 2.32. The molecule has 1 aromatic rings. The Morgan fingerprint density at radius 2 is 2.09 bits per heavy atom. The number of nitrogens with zero attached hydrogens (tertiary/aromatic N) is 5. The van der Waals surface area contributed by atoms with E-state index in [9.17, 15) is 9.59 Å². The Balaban J connectivity index is 2.02. The second kappa shape index (κ2) is 6.55. The van der Waals surface area contributed by atoms with Crippen molar-refractivity contribution in [2.24, 2.45) is 0 Å². The maximum absolute atomic E-state index is 12.3. The molecule has 0 unspecified atom stereocenters. The van der Waals surface area contributed by atoms with Crippen LogP contribution < -0.4 is 0 Å². The SMILES string of the molecule is CN(C)C(=O)c1cn(C[C@H]2CCCN2C(=O)OC(C)(C)C)nn1. The van der Waals surface area contributed by atoms with Crippen molar-refractivity contribution in [3.63, 3.8) is 0 Å². The molecular weight excluding hydrogens is 298 g/mol.